The molecule has 1 aliphatic carbocycles. The van der Waals surface area contributed by atoms with E-state index >= 15 is 0 Å². The minimum Gasteiger partial charge on any atom is -0.383 e. The Morgan fingerprint density at radius 2 is 2.26 bits per heavy atom. The van der Waals surface area contributed by atoms with E-state index < -0.39 is 0 Å². The Labute approximate surface area is 116 Å². The van der Waals surface area contributed by atoms with Gasteiger partial charge < -0.3 is 20.3 Å². The largest absolute Gasteiger partial charge is 0.383 e. The molecule has 3 atom stereocenters. The van der Waals surface area contributed by atoms with Crippen molar-refractivity contribution in [3.8, 4) is 0 Å². The lowest BCUT2D eigenvalue weighted by molar-refractivity contribution is -0.123. The molecule has 1 aliphatic heterocycles. The molecule has 5 heteroatoms. The van der Waals surface area contributed by atoms with Gasteiger partial charge in [-0.15, -0.1) is 0 Å². The van der Waals surface area contributed by atoms with E-state index in [2.05, 4.69) is 15.5 Å². The Morgan fingerprint density at radius 1 is 1.42 bits per heavy atom. The van der Waals surface area contributed by atoms with Gasteiger partial charge in [0, 0.05) is 26.7 Å². The van der Waals surface area contributed by atoms with Gasteiger partial charge in [0.15, 0.2) is 0 Å². The van der Waals surface area contributed by atoms with Crippen molar-refractivity contribution in [2.75, 3.05) is 46.9 Å². The number of amides is 1. The van der Waals surface area contributed by atoms with Crippen molar-refractivity contribution in [2.45, 2.75) is 25.3 Å². The number of nitrogens with one attached hydrogen (secondary N) is 2. The lowest BCUT2D eigenvalue weighted by Crippen LogP contribution is -2.45. The molecule has 0 spiro atoms. The van der Waals surface area contributed by atoms with Crippen molar-refractivity contribution in [2.24, 2.45) is 11.8 Å². The Morgan fingerprint density at radius 3 is 3.05 bits per heavy atom. The maximum atomic E-state index is 12.2. The quantitative estimate of drug-likeness (QED) is 0.687. The highest BCUT2D eigenvalue weighted by Gasteiger charge is 2.42. The second-order valence-electron chi connectivity index (χ2n) is 5.83. The lowest BCUT2D eigenvalue weighted by atomic mass is 9.94. The van der Waals surface area contributed by atoms with Crippen molar-refractivity contribution < 1.29 is 9.53 Å². The third-order valence-electron chi connectivity index (χ3n) is 4.50. The van der Waals surface area contributed by atoms with E-state index in [1.165, 1.54) is 19.3 Å². The standard InChI is InChI=1S/C14H27N3O2/c1-17(8-9-19-2)7-6-15-14(18)13-12-5-3-4-11(12)10-16-13/h11-13,16H,3-10H2,1-2H3,(H,15,18). The number of ether oxygens (including phenoxy) is 1. The smallest absolute Gasteiger partial charge is 0.237 e. The van der Waals surface area contributed by atoms with Gasteiger partial charge in [-0.2, -0.15) is 0 Å². The summed E-state index contributed by atoms with van der Waals surface area (Å²) in [5, 5.41) is 6.45. The van der Waals surface area contributed by atoms with Crippen molar-refractivity contribution >= 4 is 5.91 Å². The molecule has 110 valence electrons. The molecule has 2 fully saturated rings. The van der Waals surface area contributed by atoms with Gasteiger partial charge in [0.25, 0.3) is 0 Å². The van der Waals surface area contributed by atoms with Crippen LogP contribution in [0.5, 0.6) is 0 Å². The highest BCUT2D eigenvalue weighted by Crippen LogP contribution is 2.37. The SMILES string of the molecule is COCCN(C)CCNC(=O)C1NCC2CCCC21. The van der Waals surface area contributed by atoms with E-state index in [1.54, 1.807) is 7.11 Å². The van der Waals surface area contributed by atoms with Gasteiger partial charge in [0.2, 0.25) is 5.91 Å². The van der Waals surface area contributed by atoms with Crippen molar-refractivity contribution in [1.29, 1.82) is 0 Å². The van der Waals surface area contributed by atoms with Gasteiger partial charge in [0.1, 0.15) is 0 Å². The molecule has 0 aromatic carbocycles. The van der Waals surface area contributed by atoms with Crippen molar-refractivity contribution in [1.82, 2.24) is 15.5 Å². The molecule has 1 heterocycles. The first-order valence-electron chi connectivity index (χ1n) is 7.41. The summed E-state index contributed by atoms with van der Waals surface area (Å²) in [6.07, 6.45) is 3.80. The van der Waals surface area contributed by atoms with Crippen molar-refractivity contribution in [3.05, 3.63) is 0 Å². The summed E-state index contributed by atoms with van der Waals surface area (Å²) in [4.78, 5) is 14.3. The average Bonchev–Trinajstić information content (AvgIpc) is 2.98. The number of carbonyl (C=O) groups excluding carboxylic acids is 1. The molecule has 3 unspecified atom stereocenters. The van der Waals surface area contributed by atoms with Crippen LogP contribution in [0.4, 0.5) is 0 Å². The number of methoxy groups -OCH3 is 1. The van der Waals surface area contributed by atoms with Crippen LogP contribution >= 0.6 is 0 Å². The summed E-state index contributed by atoms with van der Waals surface area (Å²) in [5.74, 6) is 1.50. The number of fused-ring (bicyclic) bond motifs is 1. The molecule has 19 heavy (non-hydrogen) atoms. The summed E-state index contributed by atoms with van der Waals surface area (Å²) < 4.78 is 5.03. The summed E-state index contributed by atoms with van der Waals surface area (Å²) in [6.45, 7) is 4.25. The van der Waals surface area contributed by atoms with Crippen LogP contribution in [-0.2, 0) is 9.53 Å². The molecule has 1 saturated carbocycles. The Bertz CT molecular complexity index is 298. The molecular weight excluding hydrogens is 242 g/mol. The summed E-state index contributed by atoms with van der Waals surface area (Å²) in [7, 11) is 3.76. The van der Waals surface area contributed by atoms with Gasteiger partial charge in [-0.1, -0.05) is 6.42 Å². The first-order valence-corrected chi connectivity index (χ1v) is 7.41. The minimum atomic E-state index is 0.0526. The Kier molecular flexibility index (Phi) is 5.60. The average molecular weight is 269 g/mol. The van der Waals surface area contributed by atoms with Gasteiger partial charge in [0.05, 0.1) is 12.6 Å². The summed E-state index contributed by atoms with van der Waals surface area (Å²) in [6, 6.07) is 0.0526. The molecular formula is C14H27N3O2. The van der Waals surface area contributed by atoms with Gasteiger partial charge in [-0.3, -0.25) is 4.79 Å². The van der Waals surface area contributed by atoms with E-state index in [1.807, 2.05) is 7.05 Å². The maximum absolute atomic E-state index is 12.2. The third kappa shape index (κ3) is 3.91. The third-order valence-corrected chi connectivity index (χ3v) is 4.50. The zero-order valence-corrected chi connectivity index (χ0v) is 12.2. The molecule has 2 N–H and O–H groups in total. The van der Waals surface area contributed by atoms with Gasteiger partial charge in [-0.05, 0) is 38.3 Å². The van der Waals surface area contributed by atoms with Crippen LogP contribution in [0.3, 0.4) is 0 Å². The highest BCUT2D eigenvalue weighted by molar-refractivity contribution is 5.82. The number of likely N-dealkylation sites (N-methyl/N-ethyl adjacent to an activating group) is 1. The molecule has 1 saturated heterocycles. The van der Waals surface area contributed by atoms with Crippen LogP contribution in [0.15, 0.2) is 0 Å². The molecule has 0 radical (unpaired) electrons. The lowest BCUT2D eigenvalue weighted by Gasteiger charge is -2.20. The fourth-order valence-electron chi connectivity index (χ4n) is 3.31. The van der Waals surface area contributed by atoms with Crippen molar-refractivity contribution in [3.63, 3.8) is 0 Å². The van der Waals surface area contributed by atoms with Crippen LogP contribution in [-0.4, -0.2) is 63.8 Å². The topological polar surface area (TPSA) is 53.6 Å². The monoisotopic (exact) mass is 269 g/mol. The molecule has 0 aromatic rings. The van der Waals surface area contributed by atoms with E-state index in [9.17, 15) is 4.79 Å². The predicted molar refractivity (Wildman–Crippen MR) is 75.0 cm³/mol. The van der Waals surface area contributed by atoms with Crippen LogP contribution in [0, 0.1) is 11.8 Å². The fraction of sp³-hybridized carbons (Fsp3) is 0.929. The minimum absolute atomic E-state index is 0.0526. The number of carbonyl (C=O) groups is 1. The van der Waals surface area contributed by atoms with E-state index in [0.29, 0.717) is 12.5 Å². The first kappa shape index (κ1) is 14.8. The molecule has 1 amide bonds. The van der Waals surface area contributed by atoms with Crippen LogP contribution < -0.4 is 10.6 Å². The number of hydrogen-bond acceptors (Lipinski definition) is 4. The fourth-order valence-corrected chi connectivity index (χ4v) is 3.31. The maximum Gasteiger partial charge on any atom is 0.237 e. The Balaban J connectivity index is 1.64. The predicted octanol–water partition coefficient (Wildman–Crippen LogP) is 0.0689. The summed E-state index contributed by atoms with van der Waals surface area (Å²) in [5.41, 5.74) is 0. The number of rotatable bonds is 7. The van der Waals surface area contributed by atoms with Crippen LogP contribution in [0.1, 0.15) is 19.3 Å². The van der Waals surface area contributed by atoms with E-state index in [4.69, 9.17) is 4.74 Å². The second kappa shape index (κ2) is 7.22. The molecule has 5 nitrogen and oxygen atoms in total. The van der Waals surface area contributed by atoms with E-state index in [-0.39, 0.29) is 11.9 Å². The number of hydrogen-bond donors (Lipinski definition) is 2. The van der Waals surface area contributed by atoms with Crippen LogP contribution in [0.25, 0.3) is 0 Å². The van der Waals surface area contributed by atoms with Gasteiger partial charge in [-0.25, -0.2) is 0 Å². The Hall–Kier alpha value is -0.650. The number of nitrogens with zero attached hydrogens (tertiary/aromatic N) is 1. The van der Waals surface area contributed by atoms with E-state index in [0.717, 1.165) is 32.2 Å². The highest BCUT2D eigenvalue weighted by atomic mass is 16.5. The molecule has 2 rings (SSSR count). The zero-order chi connectivity index (χ0) is 13.7. The first-order chi connectivity index (χ1) is 9.22. The molecule has 2 aliphatic rings. The zero-order valence-electron chi connectivity index (χ0n) is 12.2. The molecule has 0 aromatic heterocycles. The summed E-state index contributed by atoms with van der Waals surface area (Å²) >= 11 is 0. The second-order valence-corrected chi connectivity index (χ2v) is 5.83. The van der Waals surface area contributed by atoms with Crippen LogP contribution in [0.2, 0.25) is 0 Å². The van der Waals surface area contributed by atoms with Gasteiger partial charge >= 0.3 is 0 Å². The molecule has 0 bridgehead atoms. The normalized spacial score (nSPS) is 29.7.